The number of hydrogen-bond donors (Lipinski definition) is 1. The fourth-order valence-corrected chi connectivity index (χ4v) is 2.37. The van der Waals surface area contributed by atoms with Gasteiger partial charge in [-0.3, -0.25) is 0 Å². The molecule has 1 aliphatic rings. The highest BCUT2D eigenvalue weighted by Gasteiger charge is 2.33. The van der Waals surface area contributed by atoms with Crippen LogP contribution in [0.5, 0.6) is 0 Å². The van der Waals surface area contributed by atoms with Crippen molar-refractivity contribution in [2.45, 2.75) is 34.1 Å². The van der Waals surface area contributed by atoms with Crippen LogP contribution in [-0.4, -0.2) is 34.4 Å². The molecule has 1 fully saturated rings. The van der Waals surface area contributed by atoms with Crippen LogP contribution in [0.4, 0.5) is 5.82 Å². The molecule has 0 aliphatic carbocycles. The van der Waals surface area contributed by atoms with E-state index in [2.05, 4.69) is 24.0 Å². The van der Waals surface area contributed by atoms with Crippen molar-refractivity contribution in [3.8, 4) is 0 Å². The first kappa shape index (κ1) is 12.8. The lowest BCUT2D eigenvalue weighted by atomic mass is 9.93. The molecule has 1 aliphatic heterocycles. The Morgan fingerprint density at radius 2 is 2.00 bits per heavy atom. The molecule has 5 nitrogen and oxygen atoms in total. The largest absolute Gasteiger partial charge is 0.478 e. The summed E-state index contributed by atoms with van der Waals surface area (Å²) in [6.07, 6.45) is 1.04. The summed E-state index contributed by atoms with van der Waals surface area (Å²) in [4.78, 5) is 13.4. The lowest BCUT2D eigenvalue weighted by Gasteiger charge is -2.22. The van der Waals surface area contributed by atoms with Crippen LogP contribution in [-0.2, 0) is 0 Å². The van der Waals surface area contributed by atoms with Gasteiger partial charge in [-0.15, -0.1) is 5.10 Å². The first-order valence-corrected chi connectivity index (χ1v) is 6.14. The molecule has 2 heterocycles. The van der Waals surface area contributed by atoms with Gasteiger partial charge in [0.15, 0.2) is 5.82 Å². The van der Waals surface area contributed by atoms with Gasteiger partial charge >= 0.3 is 5.97 Å². The Morgan fingerprint density at radius 3 is 2.50 bits per heavy atom. The van der Waals surface area contributed by atoms with Gasteiger partial charge in [0.05, 0.1) is 5.69 Å². The summed E-state index contributed by atoms with van der Waals surface area (Å²) in [6.45, 7) is 9.60. The second-order valence-electron chi connectivity index (χ2n) is 5.75. The smallest absolute Gasteiger partial charge is 0.339 e. The summed E-state index contributed by atoms with van der Waals surface area (Å²) in [6, 6.07) is 0. The van der Waals surface area contributed by atoms with Crippen molar-refractivity contribution in [3.63, 3.8) is 0 Å². The van der Waals surface area contributed by atoms with E-state index >= 15 is 0 Å². The molecule has 0 atom stereocenters. The number of aromatic nitrogens is 2. The predicted molar refractivity (Wildman–Crippen MR) is 69.1 cm³/mol. The maximum Gasteiger partial charge on any atom is 0.339 e. The lowest BCUT2D eigenvalue weighted by Crippen LogP contribution is -2.27. The minimum atomic E-state index is -0.926. The molecule has 1 aromatic heterocycles. The topological polar surface area (TPSA) is 66.3 Å². The average molecular weight is 249 g/mol. The number of hydrogen-bond acceptors (Lipinski definition) is 4. The summed E-state index contributed by atoms with van der Waals surface area (Å²) in [5, 5.41) is 17.5. The Balaban J connectivity index is 2.46. The number of nitrogens with zero attached hydrogens (tertiary/aromatic N) is 3. The summed E-state index contributed by atoms with van der Waals surface area (Å²) in [7, 11) is 0. The van der Waals surface area contributed by atoms with E-state index in [9.17, 15) is 9.90 Å². The Hall–Kier alpha value is -1.65. The molecular weight excluding hydrogens is 230 g/mol. The van der Waals surface area contributed by atoms with Gasteiger partial charge in [0.25, 0.3) is 0 Å². The number of rotatable bonds is 2. The highest BCUT2D eigenvalue weighted by Crippen LogP contribution is 2.33. The molecule has 1 aromatic rings. The quantitative estimate of drug-likeness (QED) is 0.868. The number of carboxylic acid groups (broad SMARTS) is 1. The molecule has 5 heteroatoms. The Bertz CT molecular complexity index is 497. The molecule has 1 saturated heterocycles. The van der Waals surface area contributed by atoms with Gasteiger partial charge in [-0.2, -0.15) is 5.10 Å². The molecule has 1 N–H and O–H groups in total. The number of anilines is 1. The third-order valence-corrected chi connectivity index (χ3v) is 3.63. The van der Waals surface area contributed by atoms with E-state index in [1.807, 2.05) is 4.90 Å². The second-order valence-corrected chi connectivity index (χ2v) is 5.75. The molecule has 98 valence electrons. The highest BCUT2D eigenvalue weighted by molar-refractivity contribution is 5.95. The summed E-state index contributed by atoms with van der Waals surface area (Å²) >= 11 is 0. The van der Waals surface area contributed by atoms with Gasteiger partial charge in [-0.05, 0) is 31.2 Å². The Morgan fingerprint density at radius 1 is 1.33 bits per heavy atom. The molecule has 0 radical (unpaired) electrons. The summed E-state index contributed by atoms with van der Waals surface area (Å²) in [5.74, 6) is -0.415. The van der Waals surface area contributed by atoms with Crippen LogP contribution >= 0.6 is 0 Å². The van der Waals surface area contributed by atoms with Gasteiger partial charge in [0, 0.05) is 13.1 Å². The number of carboxylic acids is 1. The number of aryl methyl sites for hydroxylation is 1. The zero-order chi connectivity index (χ0) is 13.5. The predicted octanol–water partition coefficient (Wildman–Crippen LogP) is 2.03. The van der Waals surface area contributed by atoms with E-state index in [1.165, 1.54) is 0 Å². The van der Waals surface area contributed by atoms with Gasteiger partial charge in [0.1, 0.15) is 5.56 Å². The normalized spacial score (nSPS) is 18.1. The molecule has 18 heavy (non-hydrogen) atoms. The fourth-order valence-electron chi connectivity index (χ4n) is 2.37. The van der Waals surface area contributed by atoms with Crippen LogP contribution in [0.2, 0.25) is 0 Å². The molecule has 0 spiro atoms. The van der Waals surface area contributed by atoms with E-state index in [4.69, 9.17) is 0 Å². The van der Waals surface area contributed by atoms with E-state index in [1.54, 1.807) is 13.8 Å². The average Bonchev–Trinajstić information content (AvgIpc) is 2.62. The maximum atomic E-state index is 11.4. The molecule has 0 aromatic carbocycles. The standard InChI is InChI=1S/C13H19N3O2/c1-8-9(2)14-15-11(10(8)12(17)18)16-6-5-13(3,4)7-16/h5-7H2,1-4H3,(H,17,18). The Labute approximate surface area is 107 Å². The van der Waals surface area contributed by atoms with E-state index in [0.29, 0.717) is 22.6 Å². The minimum absolute atomic E-state index is 0.205. The number of aromatic carboxylic acids is 1. The number of carbonyl (C=O) groups is 1. The van der Waals surface area contributed by atoms with Crippen LogP contribution in [0.1, 0.15) is 41.9 Å². The zero-order valence-electron chi connectivity index (χ0n) is 11.3. The SMILES string of the molecule is Cc1nnc(N2CCC(C)(C)C2)c(C(=O)O)c1C. The van der Waals surface area contributed by atoms with Gasteiger partial charge in [-0.1, -0.05) is 13.8 Å². The first-order chi connectivity index (χ1) is 8.32. The van der Waals surface area contributed by atoms with Crippen molar-refractivity contribution >= 4 is 11.8 Å². The van der Waals surface area contributed by atoms with E-state index in [-0.39, 0.29) is 5.41 Å². The zero-order valence-corrected chi connectivity index (χ0v) is 11.3. The monoisotopic (exact) mass is 249 g/mol. The van der Waals surface area contributed by atoms with E-state index in [0.717, 1.165) is 19.5 Å². The second kappa shape index (κ2) is 4.23. The summed E-state index contributed by atoms with van der Waals surface area (Å²) < 4.78 is 0. The molecule has 0 bridgehead atoms. The van der Waals surface area contributed by atoms with Crippen molar-refractivity contribution in [1.29, 1.82) is 0 Å². The minimum Gasteiger partial charge on any atom is -0.478 e. The third kappa shape index (κ3) is 2.17. The van der Waals surface area contributed by atoms with Crippen LogP contribution in [0.3, 0.4) is 0 Å². The Kier molecular flexibility index (Phi) is 3.00. The highest BCUT2D eigenvalue weighted by atomic mass is 16.4. The molecule has 0 amide bonds. The van der Waals surface area contributed by atoms with Crippen LogP contribution in [0.15, 0.2) is 0 Å². The lowest BCUT2D eigenvalue weighted by molar-refractivity contribution is 0.0696. The summed E-state index contributed by atoms with van der Waals surface area (Å²) in [5.41, 5.74) is 1.88. The van der Waals surface area contributed by atoms with Crippen LogP contribution < -0.4 is 4.90 Å². The maximum absolute atomic E-state index is 11.4. The van der Waals surface area contributed by atoms with Crippen molar-refractivity contribution in [3.05, 3.63) is 16.8 Å². The molecule has 0 saturated carbocycles. The van der Waals surface area contributed by atoms with Crippen molar-refractivity contribution in [1.82, 2.24) is 10.2 Å². The van der Waals surface area contributed by atoms with Crippen molar-refractivity contribution in [2.24, 2.45) is 5.41 Å². The van der Waals surface area contributed by atoms with Gasteiger partial charge in [0.2, 0.25) is 0 Å². The third-order valence-electron chi connectivity index (χ3n) is 3.63. The molecule has 2 rings (SSSR count). The van der Waals surface area contributed by atoms with Crippen LogP contribution in [0, 0.1) is 19.3 Å². The fraction of sp³-hybridized carbons (Fsp3) is 0.615. The molecular formula is C13H19N3O2. The van der Waals surface area contributed by atoms with Crippen LogP contribution in [0.25, 0.3) is 0 Å². The van der Waals surface area contributed by atoms with E-state index < -0.39 is 5.97 Å². The molecule has 0 unspecified atom stereocenters. The van der Waals surface area contributed by atoms with Crippen molar-refractivity contribution in [2.75, 3.05) is 18.0 Å². The first-order valence-electron chi connectivity index (χ1n) is 6.14. The van der Waals surface area contributed by atoms with Crippen molar-refractivity contribution < 1.29 is 9.90 Å². The van der Waals surface area contributed by atoms with Gasteiger partial charge in [-0.25, -0.2) is 4.79 Å². The van der Waals surface area contributed by atoms with Gasteiger partial charge < -0.3 is 10.0 Å².